The Bertz CT molecular complexity index is 767. The van der Waals surface area contributed by atoms with Crippen molar-refractivity contribution in [2.75, 3.05) is 5.32 Å². The van der Waals surface area contributed by atoms with Crippen LogP contribution in [0.4, 0.5) is 5.69 Å². The highest BCUT2D eigenvalue weighted by atomic mass is 79.9. The number of nitrogens with one attached hydrogen (secondary N) is 2. The molecule has 0 spiro atoms. The minimum atomic E-state index is 0.327. The molecule has 3 aromatic rings. The molecule has 0 aliphatic heterocycles. The van der Waals surface area contributed by atoms with Crippen molar-refractivity contribution in [3.05, 3.63) is 52.1 Å². The Morgan fingerprint density at radius 1 is 1.30 bits per heavy atom. The van der Waals surface area contributed by atoms with Gasteiger partial charge in [-0.1, -0.05) is 28.1 Å². The third-order valence-electron chi connectivity index (χ3n) is 3.27. The number of benzene rings is 2. The van der Waals surface area contributed by atoms with E-state index >= 15 is 0 Å². The molecule has 4 nitrogen and oxygen atoms in total. The zero-order valence-corrected chi connectivity index (χ0v) is 12.5. The third kappa shape index (κ3) is 2.49. The maximum absolute atomic E-state index is 9.54. The summed E-state index contributed by atoms with van der Waals surface area (Å²) in [6.45, 7) is 2.59. The second-order valence-electron chi connectivity index (χ2n) is 4.76. The first-order valence-electron chi connectivity index (χ1n) is 6.28. The Kier molecular flexibility index (Phi) is 3.36. The molecule has 1 aromatic heterocycles. The van der Waals surface area contributed by atoms with Gasteiger partial charge in [0.1, 0.15) is 5.75 Å². The van der Waals surface area contributed by atoms with E-state index in [0.29, 0.717) is 12.3 Å². The second-order valence-corrected chi connectivity index (χ2v) is 5.67. The minimum absolute atomic E-state index is 0.327. The number of aromatic nitrogens is 2. The number of phenols is 1. The molecule has 0 amide bonds. The summed E-state index contributed by atoms with van der Waals surface area (Å²) in [4.78, 5) is 0. The van der Waals surface area contributed by atoms with Crippen LogP contribution in [-0.4, -0.2) is 15.3 Å². The highest BCUT2D eigenvalue weighted by molar-refractivity contribution is 9.10. The Labute approximate surface area is 125 Å². The minimum Gasteiger partial charge on any atom is -0.508 e. The molecule has 0 unspecified atom stereocenters. The number of hydrogen-bond acceptors (Lipinski definition) is 3. The fraction of sp³-hybridized carbons (Fsp3) is 0.133. The van der Waals surface area contributed by atoms with Crippen LogP contribution in [0.3, 0.4) is 0 Å². The quantitative estimate of drug-likeness (QED) is 0.681. The summed E-state index contributed by atoms with van der Waals surface area (Å²) < 4.78 is 0.999. The lowest BCUT2D eigenvalue weighted by Crippen LogP contribution is -2.00. The fourth-order valence-corrected chi connectivity index (χ4v) is 2.64. The second kappa shape index (κ2) is 5.17. The molecule has 0 aliphatic carbocycles. The average molecular weight is 332 g/mol. The van der Waals surface area contributed by atoms with Crippen LogP contribution < -0.4 is 5.32 Å². The highest BCUT2D eigenvalue weighted by Crippen LogP contribution is 2.27. The molecule has 0 fully saturated rings. The van der Waals surface area contributed by atoms with E-state index in [1.165, 1.54) is 0 Å². The largest absolute Gasteiger partial charge is 0.508 e. The van der Waals surface area contributed by atoms with E-state index in [4.69, 9.17) is 0 Å². The van der Waals surface area contributed by atoms with Crippen molar-refractivity contribution >= 4 is 32.5 Å². The van der Waals surface area contributed by atoms with Crippen LogP contribution in [0, 0.1) is 6.92 Å². The number of aromatic amines is 1. The van der Waals surface area contributed by atoms with Gasteiger partial charge in [-0.05, 0) is 36.2 Å². The molecular formula is C15H14BrN3O. The summed E-state index contributed by atoms with van der Waals surface area (Å²) >= 11 is 3.49. The summed E-state index contributed by atoms with van der Waals surface area (Å²) in [6.07, 6.45) is 1.81. The molecule has 0 atom stereocenters. The Morgan fingerprint density at radius 2 is 2.15 bits per heavy atom. The third-order valence-corrected chi connectivity index (χ3v) is 3.73. The van der Waals surface area contributed by atoms with Crippen LogP contribution in [0.1, 0.15) is 11.1 Å². The van der Waals surface area contributed by atoms with Crippen LogP contribution in [0.2, 0.25) is 0 Å². The lowest BCUT2D eigenvalue weighted by Gasteiger charge is -2.09. The zero-order valence-electron chi connectivity index (χ0n) is 10.9. The number of phenolic OH excluding ortho intramolecular Hbond substituents is 1. The molecule has 0 bridgehead atoms. The molecule has 3 N–H and O–H groups in total. The average Bonchev–Trinajstić information content (AvgIpc) is 2.88. The van der Waals surface area contributed by atoms with Crippen molar-refractivity contribution in [1.82, 2.24) is 10.2 Å². The van der Waals surface area contributed by atoms with Crippen molar-refractivity contribution in [3.63, 3.8) is 0 Å². The van der Waals surface area contributed by atoms with Crippen LogP contribution in [0.5, 0.6) is 5.75 Å². The van der Waals surface area contributed by atoms with Crippen LogP contribution in [0.15, 0.2) is 41.0 Å². The maximum Gasteiger partial charge on any atom is 0.118 e. The van der Waals surface area contributed by atoms with Crippen molar-refractivity contribution < 1.29 is 5.11 Å². The van der Waals surface area contributed by atoms with Crippen molar-refractivity contribution in [1.29, 1.82) is 0 Å². The van der Waals surface area contributed by atoms with E-state index in [0.717, 1.165) is 32.2 Å². The van der Waals surface area contributed by atoms with Gasteiger partial charge in [0.2, 0.25) is 0 Å². The summed E-state index contributed by atoms with van der Waals surface area (Å²) in [6, 6.07) is 9.65. The Balaban J connectivity index is 1.86. The highest BCUT2D eigenvalue weighted by Gasteiger charge is 2.05. The Hall–Kier alpha value is -2.01. The zero-order chi connectivity index (χ0) is 14.1. The topological polar surface area (TPSA) is 60.9 Å². The number of fused-ring (bicyclic) bond motifs is 1. The smallest absolute Gasteiger partial charge is 0.118 e. The molecule has 0 radical (unpaired) electrons. The molecule has 102 valence electrons. The van der Waals surface area contributed by atoms with Gasteiger partial charge >= 0.3 is 0 Å². The van der Waals surface area contributed by atoms with Crippen molar-refractivity contribution in [2.24, 2.45) is 0 Å². The number of hydrogen-bond donors (Lipinski definition) is 3. The number of rotatable bonds is 3. The number of halogens is 1. The Morgan fingerprint density at radius 3 is 2.95 bits per heavy atom. The van der Waals surface area contributed by atoms with Crippen molar-refractivity contribution in [2.45, 2.75) is 13.5 Å². The normalized spacial score (nSPS) is 10.9. The van der Waals surface area contributed by atoms with E-state index in [1.54, 1.807) is 6.07 Å². The molecular weight excluding hydrogens is 318 g/mol. The molecule has 0 saturated carbocycles. The standard InChI is InChI=1S/C15H14BrN3O/c1-9-4-10(2-3-15(9)20)7-17-13-5-11(16)6-14-12(13)8-18-19-14/h2-6,8,17,20H,7H2,1H3,(H,18,19). The van der Waals surface area contributed by atoms with E-state index in [1.807, 2.05) is 37.4 Å². The first-order chi connectivity index (χ1) is 9.63. The monoisotopic (exact) mass is 331 g/mol. The van der Waals surface area contributed by atoms with Gasteiger partial charge in [0.05, 0.1) is 11.7 Å². The first-order valence-corrected chi connectivity index (χ1v) is 7.08. The van der Waals surface area contributed by atoms with Gasteiger partial charge in [-0.2, -0.15) is 5.10 Å². The molecule has 5 heteroatoms. The lowest BCUT2D eigenvalue weighted by molar-refractivity contribution is 0.471. The first kappa shape index (κ1) is 13.0. The van der Waals surface area contributed by atoms with E-state index < -0.39 is 0 Å². The van der Waals surface area contributed by atoms with Gasteiger partial charge < -0.3 is 10.4 Å². The summed E-state index contributed by atoms with van der Waals surface area (Å²) in [5.74, 6) is 0.327. The van der Waals surface area contributed by atoms with Gasteiger partial charge in [0.25, 0.3) is 0 Å². The SMILES string of the molecule is Cc1cc(CNc2cc(Br)cc3[nH]ncc23)ccc1O. The van der Waals surface area contributed by atoms with Crippen LogP contribution in [0.25, 0.3) is 10.9 Å². The van der Waals surface area contributed by atoms with Crippen molar-refractivity contribution in [3.8, 4) is 5.75 Å². The van der Waals surface area contributed by atoms with Gasteiger partial charge in [-0.25, -0.2) is 0 Å². The number of anilines is 1. The maximum atomic E-state index is 9.54. The molecule has 0 saturated heterocycles. The van der Waals surface area contributed by atoms with Gasteiger partial charge in [-0.15, -0.1) is 0 Å². The summed E-state index contributed by atoms with van der Waals surface area (Å²) in [7, 11) is 0. The number of aromatic hydroxyl groups is 1. The van der Waals surface area contributed by atoms with Crippen LogP contribution in [-0.2, 0) is 6.54 Å². The lowest BCUT2D eigenvalue weighted by atomic mass is 10.1. The predicted octanol–water partition coefficient (Wildman–Crippen LogP) is 3.95. The van der Waals surface area contributed by atoms with Gasteiger partial charge in [-0.3, -0.25) is 5.10 Å². The number of aryl methyl sites for hydroxylation is 1. The molecule has 2 aromatic carbocycles. The molecule has 3 rings (SSSR count). The van der Waals surface area contributed by atoms with E-state index in [2.05, 4.69) is 31.4 Å². The molecule has 1 heterocycles. The summed E-state index contributed by atoms with van der Waals surface area (Å²) in [5, 5.41) is 21.0. The van der Waals surface area contributed by atoms with Gasteiger partial charge in [0, 0.05) is 22.1 Å². The predicted molar refractivity (Wildman–Crippen MR) is 84.0 cm³/mol. The van der Waals surface area contributed by atoms with E-state index in [9.17, 15) is 5.11 Å². The number of H-pyrrole nitrogens is 1. The molecule has 20 heavy (non-hydrogen) atoms. The number of nitrogens with zero attached hydrogens (tertiary/aromatic N) is 1. The van der Waals surface area contributed by atoms with Crippen LogP contribution >= 0.6 is 15.9 Å². The van der Waals surface area contributed by atoms with Gasteiger partial charge in [0.15, 0.2) is 0 Å². The van der Waals surface area contributed by atoms with E-state index in [-0.39, 0.29) is 0 Å². The summed E-state index contributed by atoms with van der Waals surface area (Å²) in [5.41, 5.74) is 4.02. The molecule has 0 aliphatic rings. The fourth-order valence-electron chi connectivity index (χ4n) is 2.19.